The molecule has 1 saturated heterocycles. The maximum absolute atomic E-state index is 4.33. The summed E-state index contributed by atoms with van der Waals surface area (Å²) in [7, 11) is 2.21. The predicted octanol–water partition coefficient (Wildman–Crippen LogP) is 1.83. The molecule has 14 heavy (non-hydrogen) atoms. The fraction of sp³-hybridized carbons (Fsp3) is 0.700. The second kappa shape index (κ2) is 4.61. The first-order valence-electron chi connectivity index (χ1n) is 5.10. The molecule has 0 aromatic carbocycles. The van der Waals surface area contributed by atoms with E-state index in [4.69, 9.17) is 0 Å². The fourth-order valence-corrected chi connectivity index (χ4v) is 2.57. The van der Waals surface area contributed by atoms with Crippen LogP contribution >= 0.6 is 22.6 Å². The lowest BCUT2D eigenvalue weighted by Crippen LogP contribution is -2.34. The van der Waals surface area contributed by atoms with Crippen molar-refractivity contribution in [2.75, 3.05) is 20.1 Å². The Morgan fingerprint density at radius 3 is 3.14 bits per heavy atom. The van der Waals surface area contributed by atoms with Gasteiger partial charge in [0.1, 0.15) is 0 Å². The zero-order valence-corrected chi connectivity index (χ0v) is 10.6. The number of aromatic nitrogens is 2. The van der Waals surface area contributed by atoms with Gasteiger partial charge in [0.25, 0.3) is 0 Å². The van der Waals surface area contributed by atoms with Gasteiger partial charge in [-0.3, -0.25) is 4.68 Å². The normalized spacial score (nSPS) is 24.0. The summed E-state index contributed by atoms with van der Waals surface area (Å²) >= 11 is 2.31. The zero-order chi connectivity index (χ0) is 9.97. The molecule has 2 rings (SSSR count). The smallest absolute Gasteiger partial charge is 0.0623 e. The van der Waals surface area contributed by atoms with Crippen molar-refractivity contribution < 1.29 is 0 Å². The molecular formula is C10H16IN3. The van der Waals surface area contributed by atoms with E-state index in [-0.39, 0.29) is 0 Å². The molecule has 1 unspecified atom stereocenters. The summed E-state index contributed by atoms with van der Waals surface area (Å²) in [6, 6.07) is 0. The molecule has 1 atom stereocenters. The van der Waals surface area contributed by atoms with E-state index in [9.17, 15) is 0 Å². The van der Waals surface area contributed by atoms with Crippen LogP contribution in [0.5, 0.6) is 0 Å². The summed E-state index contributed by atoms with van der Waals surface area (Å²) in [5, 5.41) is 4.33. The molecule has 1 aromatic heterocycles. The number of hydrogen-bond acceptors (Lipinski definition) is 2. The van der Waals surface area contributed by atoms with E-state index >= 15 is 0 Å². The summed E-state index contributed by atoms with van der Waals surface area (Å²) in [4.78, 5) is 2.42. The molecule has 0 aliphatic carbocycles. The average molecular weight is 305 g/mol. The van der Waals surface area contributed by atoms with Gasteiger partial charge in [-0.15, -0.1) is 0 Å². The van der Waals surface area contributed by atoms with Gasteiger partial charge in [0.15, 0.2) is 0 Å². The van der Waals surface area contributed by atoms with Crippen LogP contribution in [0.25, 0.3) is 0 Å². The third-order valence-electron chi connectivity index (χ3n) is 2.77. The lowest BCUT2D eigenvalue weighted by atomic mass is 9.99. The quantitative estimate of drug-likeness (QED) is 0.777. The molecule has 1 aliphatic heterocycles. The Morgan fingerprint density at radius 2 is 2.50 bits per heavy atom. The van der Waals surface area contributed by atoms with Crippen LogP contribution < -0.4 is 0 Å². The summed E-state index contributed by atoms with van der Waals surface area (Å²) in [6.45, 7) is 3.55. The highest BCUT2D eigenvalue weighted by Crippen LogP contribution is 2.17. The van der Waals surface area contributed by atoms with Crippen LogP contribution in [-0.2, 0) is 6.54 Å². The standard InChI is InChI=1S/C10H16IN3/c1-13-4-2-3-9(6-13)7-14-8-10(11)5-12-14/h5,8-9H,2-4,6-7H2,1H3. The molecule has 3 nitrogen and oxygen atoms in total. The van der Waals surface area contributed by atoms with Crippen molar-refractivity contribution in [1.29, 1.82) is 0 Å². The van der Waals surface area contributed by atoms with E-state index in [1.165, 1.54) is 29.5 Å². The molecule has 1 aromatic rings. The first-order valence-corrected chi connectivity index (χ1v) is 6.18. The number of nitrogens with zero attached hydrogens (tertiary/aromatic N) is 3. The molecule has 78 valence electrons. The van der Waals surface area contributed by atoms with E-state index in [1.54, 1.807) is 0 Å². The van der Waals surface area contributed by atoms with E-state index in [0.717, 1.165) is 12.5 Å². The maximum Gasteiger partial charge on any atom is 0.0623 e. The van der Waals surface area contributed by atoms with Crippen molar-refractivity contribution in [1.82, 2.24) is 14.7 Å². The van der Waals surface area contributed by atoms with Crippen molar-refractivity contribution in [3.8, 4) is 0 Å². The molecule has 0 bridgehead atoms. The second-order valence-electron chi connectivity index (χ2n) is 4.15. The van der Waals surface area contributed by atoms with Crippen molar-refractivity contribution >= 4 is 22.6 Å². The van der Waals surface area contributed by atoms with Gasteiger partial charge < -0.3 is 4.90 Å². The topological polar surface area (TPSA) is 21.1 Å². The summed E-state index contributed by atoms with van der Waals surface area (Å²) < 4.78 is 3.30. The largest absolute Gasteiger partial charge is 0.306 e. The molecule has 0 saturated carbocycles. The first kappa shape index (κ1) is 10.4. The summed E-state index contributed by atoms with van der Waals surface area (Å²) in [6.07, 6.45) is 6.72. The van der Waals surface area contributed by atoms with Crippen molar-refractivity contribution in [3.63, 3.8) is 0 Å². The van der Waals surface area contributed by atoms with Crippen LogP contribution in [0.4, 0.5) is 0 Å². The minimum absolute atomic E-state index is 0.782. The van der Waals surface area contributed by atoms with Gasteiger partial charge in [-0.05, 0) is 54.9 Å². The predicted molar refractivity (Wildman–Crippen MR) is 65.2 cm³/mol. The van der Waals surface area contributed by atoms with Crippen LogP contribution in [-0.4, -0.2) is 34.8 Å². The van der Waals surface area contributed by atoms with Gasteiger partial charge in [0, 0.05) is 19.3 Å². The Morgan fingerprint density at radius 1 is 1.64 bits per heavy atom. The maximum atomic E-state index is 4.33. The third kappa shape index (κ3) is 2.70. The minimum atomic E-state index is 0.782. The Bertz CT molecular complexity index is 297. The number of rotatable bonds is 2. The minimum Gasteiger partial charge on any atom is -0.306 e. The van der Waals surface area contributed by atoms with Gasteiger partial charge in [0.2, 0.25) is 0 Å². The van der Waals surface area contributed by atoms with Crippen molar-refractivity contribution in [2.24, 2.45) is 5.92 Å². The molecule has 0 spiro atoms. The molecule has 0 amide bonds. The molecule has 1 aliphatic rings. The van der Waals surface area contributed by atoms with Crippen LogP contribution in [0, 0.1) is 9.49 Å². The lowest BCUT2D eigenvalue weighted by Gasteiger charge is -2.29. The fourth-order valence-electron chi connectivity index (χ4n) is 2.12. The molecule has 1 fully saturated rings. The molecule has 2 heterocycles. The van der Waals surface area contributed by atoms with E-state index in [0.29, 0.717) is 0 Å². The highest BCUT2D eigenvalue weighted by atomic mass is 127. The van der Waals surface area contributed by atoms with Crippen LogP contribution in [0.2, 0.25) is 0 Å². The van der Waals surface area contributed by atoms with Gasteiger partial charge in [0.05, 0.1) is 9.77 Å². The van der Waals surface area contributed by atoms with Crippen molar-refractivity contribution in [3.05, 3.63) is 16.0 Å². The Labute approximate surface area is 98.6 Å². The highest BCUT2D eigenvalue weighted by Gasteiger charge is 2.17. The SMILES string of the molecule is CN1CCCC(Cn2cc(I)cn2)C1. The molecule has 0 N–H and O–H groups in total. The lowest BCUT2D eigenvalue weighted by molar-refractivity contribution is 0.190. The Kier molecular flexibility index (Phi) is 3.43. The average Bonchev–Trinajstić information content (AvgIpc) is 2.51. The van der Waals surface area contributed by atoms with Crippen LogP contribution in [0.3, 0.4) is 0 Å². The summed E-state index contributed by atoms with van der Waals surface area (Å²) in [5.74, 6) is 0.782. The first-order chi connectivity index (χ1) is 6.74. The van der Waals surface area contributed by atoms with E-state index in [2.05, 4.69) is 50.5 Å². The molecule has 0 radical (unpaired) electrons. The second-order valence-corrected chi connectivity index (χ2v) is 5.40. The van der Waals surface area contributed by atoms with Gasteiger partial charge >= 0.3 is 0 Å². The Balaban J connectivity index is 1.90. The van der Waals surface area contributed by atoms with Gasteiger partial charge in [-0.25, -0.2) is 0 Å². The zero-order valence-electron chi connectivity index (χ0n) is 8.49. The number of hydrogen-bond donors (Lipinski definition) is 0. The van der Waals surface area contributed by atoms with E-state index < -0.39 is 0 Å². The number of likely N-dealkylation sites (tertiary alicyclic amines) is 1. The number of halogens is 1. The molecular weight excluding hydrogens is 289 g/mol. The highest BCUT2D eigenvalue weighted by molar-refractivity contribution is 14.1. The Hall–Kier alpha value is -0.100. The number of piperidine rings is 1. The van der Waals surface area contributed by atoms with Crippen molar-refractivity contribution in [2.45, 2.75) is 19.4 Å². The molecule has 4 heteroatoms. The van der Waals surface area contributed by atoms with Gasteiger partial charge in [-0.1, -0.05) is 0 Å². The van der Waals surface area contributed by atoms with Crippen LogP contribution in [0.1, 0.15) is 12.8 Å². The third-order valence-corrected chi connectivity index (χ3v) is 3.33. The van der Waals surface area contributed by atoms with E-state index in [1.807, 2.05) is 6.20 Å². The van der Waals surface area contributed by atoms with Crippen LogP contribution in [0.15, 0.2) is 12.4 Å². The monoisotopic (exact) mass is 305 g/mol. The summed E-state index contributed by atoms with van der Waals surface area (Å²) in [5.41, 5.74) is 0. The van der Waals surface area contributed by atoms with Gasteiger partial charge in [-0.2, -0.15) is 5.10 Å².